The third-order valence-corrected chi connectivity index (χ3v) is 4.65. The summed E-state index contributed by atoms with van der Waals surface area (Å²) in [6.45, 7) is 0.893. The number of rotatable bonds is 6. The van der Waals surface area contributed by atoms with Crippen molar-refractivity contribution < 1.29 is 18.8 Å². The van der Waals surface area contributed by atoms with Gasteiger partial charge < -0.3 is 20.0 Å². The molecule has 2 N–H and O–H groups in total. The van der Waals surface area contributed by atoms with Crippen molar-refractivity contribution in [1.82, 2.24) is 10.2 Å². The smallest absolute Gasteiger partial charge is 0.313 e. The molecule has 0 saturated carbocycles. The zero-order valence-electron chi connectivity index (χ0n) is 16.0. The fourth-order valence-electron chi connectivity index (χ4n) is 3.15. The van der Waals surface area contributed by atoms with Gasteiger partial charge in [0, 0.05) is 30.9 Å². The van der Waals surface area contributed by atoms with E-state index in [-0.39, 0.29) is 18.5 Å². The molecule has 0 aliphatic carbocycles. The number of likely N-dealkylation sites (N-methyl/N-ethyl adjacent to an activating group) is 1. The van der Waals surface area contributed by atoms with Crippen LogP contribution in [0.2, 0.25) is 0 Å². The number of hydrogen-bond acceptors (Lipinski definition) is 5. The molecule has 1 fully saturated rings. The molecule has 3 rings (SSSR count). The summed E-state index contributed by atoms with van der Waals surface area (Å²) in [6.07, 6.45) is 2.92. The molecule has 1 saturated heterocycles. The van der Waals surface area contributed by atoms with Gasteiger partial charge in [-0.25, -0.2) is 0 Å². The lowest BCUT2D eigenvalue weighted by Gasteiger charge is -2.22. The van der Waals surface area contributed by atoms with Gasteiger partial charge in [0.15, 0.2) is 0 Å². The Morgan fingerprint density at radius 2 is 2.04 bits per heavy atom. The summed E-state index contributed by atoms with van der Waals surface area (Å²) >= 11 is 0. The highest BCUT2D eigenvalue weighted by molar-refractivity contribution is 6.39. The quantitative estimate of drug-likeness (QED) is 0.740. The van der Waals surface area contributed by atoms with Crippen molar-refractivity contribution in [3.05, 3.63) is 48.4 Å². The van der Waals surface area contributed by atoms with Crippen LogP contribution in [-0.4, -0.2) is 49.8 Å². The summed E-state index contributed by atoms with van der Waals surface area (Å²) in [5.74, 6) is -0.731. The second-order valence-electron chi connectivity index (χ2n) is 6.86. The van der Waals surface area contributed by atoms with Gasteiger partial charge in [-0.3, -0.25) is 19.3 Å². The minimum absolute atomic E-state index is 0.0638. The maximum absolute atomic E-state index is 12.2. The Hall–Kier alpha value is -3.13. The fraction of sp³-hybridized carbons (Fsp3) is 0.350. The normalized spacial score (nSPS) is 15.0. The van der Waals surface area contributed by atoms with Crippen LogP contribution in [0.3, 0.4) is 0 Å². The van der Waals surface area contributed by atoms with E-state index in [4.69, 9.17) is 4.42 Å². The topological polar surface area (TPSA) is 94.9 Å². The minimum atomic E-state index is -0.762. The van der Waals surface area contributed by atoms with E-state index in [2.05, 4.69) is 10.6 Å². The second-order valence-corrected chi connectivity index (χ2v) is 6.86. The molecular weight excluding hydrogens is 360 g/mol. The summed E-state index contributed by atoms with van der Waals surface area (Å²) in [7, 11) is 3.73. The number of anilines is 2. The molecule has 3 amide bonds. The summed E-state index contributed by atoms with van der Waals surface area (Å²) in [5, 5.41) is 5.21. The van der Waals surface area contributed by atoms with Gasteiger partial charge in [-0.1, -0.05) is 6.07 Å². The number of nitrogens with one attached hydrogen (secondary N) is 2. The largest absolute Gasteiger partial charge is 0.468 e. The van der Waals surface area contributed by atoms with E-state index in [0.717, 1.165) is 6.42 Å². The molecule has 2 aromatic rings. The molecule has 8 heteroatoms. The van der Waals surface area contributed by atoms with E-state index in [1.54, 1.807) is 35.4 Å². The van der Waals surface area contributed by atoms with Crippen molar-refractivity contribution >= 4 is 29.1 Å². The number of carbonyl (C=O) groups is 3. The Morgan fingerprint density at radius 3 is 2.68 bits per heavy atom. The molecule has 0 bridgehead atoms. The van der Waals surface area contributed by atoms with Crippen LogP contribution in [0.4, 0.5) is 11.4 Å². The van der Waals surface area contributed by atoms with Gasteiger partial charge in [-0.05, 0) is 50.8 Å². The summed E-state index contributed by atoms with van der Waals surface area (Å²) < 4.78 is 5.39. The molecule has 1 aliphatic rings. The molecule has 28 heavy (non-hydrogen) atoms. The van der Waals surface area contributed by atoms with Crippen LogP contribution in [0, 0.1) is 0 Å². The van der Waals surface area contributed by atoms with Crippen LogP contribution in [0.5, 0.6) is 0 Å². The highest BCUT2D eigenvalue weighted by atomic mass is 16.3. The predicted octanol–water partition coefficient (Wildman–Crippen LogP) is 1.76. The first kappa shape index (κ1) is 19.6. The van der Waals surface area contributed by atoms with E-state index >= 15 is 0 Å². The molecule has 1 unspecified atom stereocenters. The number of hydrogen-bond donors (Lipinski definition) is 2. The molecule has 2 heterocycles. The zero-order valence-corrected chi connectivity index (χ0v) is 16.0. The summed E-state index contributed by atoms with van der Waals surface area (Å²) in [5.41, 5.74) is 1.18. The molecule has 1 atom stereocenters. The van der Waals surface area contributed by atoms with Gasteiger partial charge in [0.1, 0.15) is 5.76 Å². The summed E-state index contributed by atoms with van der Waals surface area (Å²) in [6, 6.07) is 10.3. The fourth-order valence-corrected chi connectivity index (χ4v) is 3.15. The zero-order chi connectivity index (χ0) is 20.1. The summed E-state index contributed by atoms with van der Waals surface area (Å²) in [4.78, 5) is 39.9. The Balaban J connectivity index is 1.58. The lowest BCUT2D eigenvalue weighted by Crippen LogP contribution is -2.40. The van der Waals surface area contributed by atoms with Crippen LogP contribution in [0.25, 0.3) is 0 Å². The number of carbonyl (C=O) groups excluding carboxylic acids is 3. The predicted molar refractivity (Wildman–Crippen MR) is 105 cm³/mol. The van der Waals surface area contributed by atoms with Crippen molar-refractivity contribution in [1.29, 1.82) is 0 Å². The van der Waals surface area contributed by atoms with Gasteiger partial charge in [0.05, 0.1) is 12.3 Å². The SMILES string of the molecule is CN(C)C(CNC(=O)C(=O)Nc1cccc(N2CCCC2=O)c1)c1ccco1. The van der Waals surface area contributed by atoms with Crippen LogP contribution >= 0.6 is 0 Å². The Kier molecular flexibility index (Phi) is 6.10. The Bertz CT molecular complexity index is 848. The molecular formula is C20H24N4O4. The molecule has 1 aliphatic heterocycles. The monoisotopic (exact) mass is 384 g/mol. The highest BCUT2D eigenvalue weighted by Crippen LogP contribution is 2.24. The molecule has 8 nitrogen and oxygen atoms in total. The molecule has 1 aromatic carbocycles. The van der Waals surface area contributed by atoms with Gasteiger partial charge in [0.25, 0.3) is 0 Å². The van der Waals surface area contributed by atoms with E-state index in [1.807, 2.05) is 31.1 Å². The molecule has 1 aromatic heterocycles. The van der Waals surface area contributed by atoms with Crippen molar-refractivity contribution in [2.24, 2.45) is 0 Å². The Labute approximate surface area is 163 Å². The van der Waals surface area contributed by atoms with Crippen LogP contribution in [0.15, 0.2) is 47.1 Å². The van der Waals surface area contributed by atoms with Crippen molar-refractivity contribution in [3.63, 3.8) is 0 Å². The lowest BCUT2D eigenvalue weighted by atomic mass is 10.2. The van der Waals surface area contributed by atoms with Crippen molar-refractivity contribution in [2.75, 3.05) is 37.4 Å². The third-order valence-electron chi connectivity index (χ3n) is 4.65. The number of amides is 3. The van der Waals surface area contributed by atoms with E-state index in [9.17, 15) is 14.4 Å². The Morgan fingerprint density at radius 1 is 1.21 bits per heavy atom. The van der Waals surface area contributed by atoms with E-state index in [1.165, 1.54) is 0 Å². The minimum Gasteiger partial charge on any atom is -0.468 e. The molecule has 148 valence electrons. The van der Waals surface area contributed by atoms with Crippen LogP contribution < -0.4 is 15.5 Å². The molecule has 0 spiro atoms. The highest BCUT2D eigenvalue weighted by Gasteiger charge is 2.23. The second kappa shape index (κ2) is 8.71. The average molecular weight is 384 g/mol. The van der Waals surface area contributed by atoms with Gasteiger partial charge in [0.2, 0.25) is 5.91 Å². The van der Waals surface area contributed by atoms with Gasteiger partial charge >= 0.3 is 11.8 Å². The molecule has 0 radical (unpaired) electrons. The maximum atomic E-state index is 12.2. The number of nitrogens with zero attached hydrogens (tertiary/aromatic N) is 2. The van der Waals surface area contributed by atoms with Gasteiger partial charge in [-0.2, -0.15) is 0 Å². The number of furan rings is 1. The van der Waals surface area contributed by atoms with E-state index in [0.29, 0.717) is 30.1 Å². The maximum Gasteiger partial charge on any atom is 0.313 e. The first-order chi connectivity index (χ1) is 13.5. The first-order valence-corrected chi connectivity index (χ1v) is 9.15. The third kappa shape index (κ3) is 4.58. The van der Waals surface area contributed by atoms with Crippen molar-refractivity contribution in [2.45, 2.75) is 18.9 Å². The first-order valence-electron chi connectivity index (χ1n) is 9.15. The van der Waals surface area contributed by atoms with Crippen molar-refractivity contribution in [3.8, 4) is 0 Å². The van der Waals surface area contributed by atoms with Gasteiger partial charge in [-0.15, -0.1) is 0 Å². The number of benzene rings is 1. The lowest BCUT2D eigenvalue weighted by molar-refractivity contribution is -0.136. The van der Waals surface area contributed by atoms with Crippen LogP contribution in [0.1, 0.15) is 24.6 Å². The van der Waals surface area contributed by atoms with Crippen LogP contribution in [-0.2, 0) is 14.4 Å². The standard InChI is InChI=1S/C20H24N4O4/c1-23(2)16(17-8-5-11-28-17)13-21-19(26)20(27)22-14-6-3-7-15(12-14)24-10-4-9-18(24)25/h3,5-8,11-12,16H,4,9-10,13H2,1-2H3,(H,21,26)(H,22,27). The average Bonchev–Trinajstić information content (AvgIpc) is 3.33. The van der Waals surface area contributed by atoms with E-state index < -0.39 is 11.8 Å².